The number of carbonyl (C=O) groups excluding carboxylic acids is 2. The number of unbranched alkanes of at least 4 members (excludes halogenated alkanes) is 1. The van der Waals surface area contributed by atoms with Crippen molar-refractivity contribution in [1.82, 2.24) is 10.2 Å². The second-order valence-corrected chi connectivity index (χ2v) is 11.8. The quantitative estimate of drug-likeness (QED) is 0.240. The first kappa shape index (κ1) is 31.4. The normalized spacial score (nSPS) is 12.0. The Morgan fingerprint density at radius 2 is 1.62 bits per heavy atom. The van der Waals surface area contributed by atoms with Crippen molar-refractivity contribution in [2.24, 2.45) is 0 Å². The molecule has 0 spiro atoms. The lowest BCUT2D eigenvalue weighted by atomic mass is 10.1. The van der Waals surface area contributed by atoms with E-state index in [1.54, 1.807) is 43.3 Å². The van der Waals surface area contributed by atoms with Gasteiger partial charge in [-0.25, -0.2) is 12.8 Å². The average Bonchev–Trinajstić information content (AvgIpc) is 2.94. The van der Waals surface area contributed by atoms with Crippen molar-refractivity contribution in [3.63, 3.8) is 0 Å². The van der Waals surface area contributed by atoms with E-state index in [1.165, 1.54) is 29.2 Å². The summed E-state index contributed by atoms with van der Waals surface area (Å²) < 4.78 is 42.1. The summed E-state index contributed by atoms with van der Waals surface area (Å²) in [5.74, 6) is -1.51. The van der Waals surface area contributed by atoms with Crippen molar-refractivity contribution in [2.45, 2.75) is 50.6 Å². The van der Waals surface area contributed by atoms with E-state index >= 15 is 0 Å². The number of halogens is 3. The van der Waals surface area contributed by atoms with Crippen molar-refractivity contribution >= 4 is 50.7 Å². The van der Waals surface area contributed by atoms with Gasteiger partial charge in [0.2, 0.25) is 11.8 Å². The van der Waals surface area contributed by atoms with Gasteiger partial charge in [0.05, 0.1) is 20.6 Å². The molecule has 0 aromatic heterocycles. The van der Waals surface area contributed by atoms with Gasteiger partial charge in [0, 0.05) is 13.1 Å². The highest BCUT2D eigenvalue weighted by Gasteiger charge is 2.33. The Bertz CT molecular complexity index is 1410. The van der Waals surface area contributed by atoms with Crippen molar-refractivity contribution in [2.75, 3.05) is 17.4 Å². The van der Waals surface area contributed by atoms with Gasteiger partial charge in [0.15, 0.2) is 0 Å². The maximum Gasteiger partial charge on any atom is 0.264 e. The topological polar surface area (TPSA) is 86.8 Å². The number of rotatable bonds is 13. The maximum absolute atomic E-state index is 14.0. The Morgan fingerprint density at radius 1 is 0.950 bits per heavy atom. The van der Waals surface area contributed by atoms with Gasteiger partial charge in [-0.15, -0.1) is 0 Å². The van der Waals surface area contributed by atoms with Gasteiger partial charge in [0.25, 0.3) is 10.0 Å². The molecule has 2 amide bonds. The molecule has 1 atom stereocenters. The first-order valence-corrected chi connectivity index (χ1v) is 15.1. The highest BCUT2D eigenvalue weighted by atomic mass is 35.5. The van der Waals surface area contributed by atoms with E-state index in [-0.39, 0.29) is 34.5 Å². The Balaban J connectivity index is 2.03. The Morgan fingerprint density at radius 3 is 2.23 bits per heavy atom. The van der Waals surface area contributed by atoms with Gasteiger partial charge in [0.1, 0.15) is 18.4 Å². The van der Waals surface area contributed by atoms with Crippen molar-refractivity contribution in [1.29, 1.82) is 0 Å². The molecule has 40 heavy (non-hydrogen) atoms. The van der Waals surface area contributed by atoms with Gasteiger partial charge in [-0.05, 0) is 66.9 Å². The average molecular weight is 609 g/mol. The van der Waals surface area contributed by atoms with Gasteiger partial charge in [-0.2, -0.15) is 0 Å². The van der Waals surface area contributed by atoms with Crippen LogP contribution in [0.1, 0.15) is 38.7 Å². The van der Waals surface area contributed by atoms with Crippen LogP contribution in [0.25, 0.3) is 0 Å². The first-order chi connectivity index (χ1) is 19.1. The summed E-state index contributed by atoms with van der Waals surface area (Å²) in [5.41, 5.74) is 0.718. The molecule has 0 aliphatic rings. The minimum absolute atomic E-state index is 0.0158. The summed E-state index contributed by atoms with van der Waals surface area (Å²) in [7, 11) is -4.23. The molecule has 1 N–H and O–H groups in total. The zero-order valence-corrected chi connectivity index (χ0v) is 24.6. The maximum atomic E-state index is 14.0. The molecule has 0 heterocycles. The first-order valence-electron chi connectivity index (χ1n) is 12.9. The van der Waals surface area contributed by atoms with E-state index in [2.05, 4.69) is 5.32 Å². The van der Waals surface area contributed by atoms with E-state index in [9.17, 15) is 22.4 Å². The number of nitrogens with zero attached hydrogens (tertiary/aromatic N) is 2. The standard InChI is InChI=1S/C29H32Cl2FN3O4S/c1-3-5-17-33-29(37)27(4-2)34(19-21-11-16-25(30)26(31)18-21)28(36)20-35(23-14-12-22(32)13-15-23)40(38,39)24-9-7-6-8-10-24/h6-16,18,27H,3-5,17,19-20H2,1-2H3,(H,33,37)/t27-/m1/s1. The van der Waals surface area contributed by atoms with Crippen LogP contribution in [0.2, 0.25) is 10.0 Å². The summed E-state index contributed by atoms with van der Waals surface area (Å²) in [5, 5.41) is 3.49. The van der Waals surface area contributed by atoms with Crippen LogP contribution in [-0.4, -0.2) is 44.3 Å². The fourth-order valence-corrected chi connectivity index (χ4v) is 5.87. The molecule has 0 fully saturated rings. The molecule has 3 aromatic carbocycles. The Hall–Kier alpha value is -3.14. The van der Waals surface area contributed by atoms with Crippen molar-refractivity contribution in [3.05, 3.63) is 94.2 Å². The van der Waals surface area contributed by atoms with Gasteiger partial charge >= 0.3 is 0 Å². The molecule has 0 saturated carbocycles. The van der Waals surface area contributed by atoms with E-state index in [1.807, 2.05) is 6.92 Å². The lowest BCUT2D eigenvalue weighted by molar-refractivity contribution is -0.140. The SMILES string of the molecule is CCCCNC(=O)[C@@H](CC)N(Cc1ccc(Cl)c(Cl)c1)C(=O)CN(c1ccc(F)cc1)S(=O)(=O)c1ccccc1. The van der Waals surface area contributed by atoms with Gasteiger partial charge in [-0.3, -0.25) is 13.9 Å². The van der Waals surface area contributed by atoms with E-state index in [0.29, 0.717) is 17.1 Å². The molecule has 0 aliphatic heterocycles. The van der Waals surface area contributed by atoms with Crippen LogP contribution in [0.5, 0.6) is 0 Å². The van der Waals surface area contributed by atoms with E-state index in [4.69, 9.17) is 23.2 Å². The lowest BCUT2D eigenvalue weighted by Gasteiger charge is -2.33. The number of hydrogen-bond donors (Lipinski definition) is 1. The van der Waals surface area contributed by atoms with Crippen LogP contribution in [0.15, 0.2) is 77.7 Å². The third-order valence-electron chi connectivity index (χ3n) is 6.28. The minimum Gasteiger partial charge on any atom is -0.354 e. The largest absolute Gasteiger partial charge is 0.354 e. The molecule has 0 unspecified atom stereocenters. The number of benzene rings is 3. The van der Waals surface area contributed by atoms with Crippen LogP contribution < -0.4 is 9.62 Å². The third-order valence-corrected chi connectivity index (χ3v) is 8.80. The monoisotopic (exact) mass is 607 g/mol. The second-order valence-electron chi connectivity index (χ2n) is 9.14. The van der Waals surface area contributed by atoms with E-state index in [0.717, 1.165) is 29.3 Å². The van der Waals surface area contributed by atoms with Crippen LogP contribution in [0.4, 0.5) is 10.1 Å². The zero-order chi connectivity index (χ0) is 29.3. The molecule has 3 rings (SSSR count). The number of nitrogens with one attached hydrogen (secondary N) is 1. The number of anilines is 1. The van der Waals surface area contributed by atoms with Crippen LogP contribution >= 0.6 is 23.2 Å². The molecule has 7 nitrogen and oxygen atoms in total. The summed E-state index contributed by atoms with van der Waals surface area (Å²) in [4.78, 5) is 28.5. The van der Waals surface area contributed by atoms with Gasteiger partial charge in [-0.1, -0.05) is 67.7 Å². The molecule has 0 bridgehead atoms. The third kappa shape index (κ3) is 7.96. The summed E-state index contributed by atoms with van der Waals surface area (Å²) in [6.07, 6.45) is 1.94. The smallest absolute Gasteiger partial charge is 0.264 e. The molecular formula is C29H32Cl2FN3O4S. The van der Waals surface area contributed by atoms with Gasteiger partial charge < -0.3 is 10.2 Å². The number of hydrogen-bond acceptors (Lipinski definition) is 4. The van der Waals surface area contributed by atoms with Crippen molar-refractivity contribution in [3.8, 4) is 0 Å². The van der Waals surface area contributed by atoms with E-state index < -0.39 is 34.3 Å². The zero-order valence-electron chi connectivity index (χ0n) is 22.3. The summed E-state index contributed by atoms with van der Waals surface area (Å²) in [6.45, 7) is 3.59. The summed E-state index contributed by atoms with van der Waals surface area (Å²) in [6, 6.07) is 16.5. The lowest BCUT2D eigenvalue weighted by Crippen LogP contribution is -2.52. The molecule has 0 saturated heterocycles. The molecule has 11 heteroatoms. The van der Waals surface area contributed by atoms with Crippen LogP contribution in [-0.2, 0) is 26.2 Å². The summed E-state index contributed by atoms with van der Waals surface area (Å²) >= 11 is 12.3. The van der Waals surface area contributed by atoms with Crippen LogP contribution in [0, 0.1) is 5.82 Å². The van der Waals surface area contributed by atoms with Crippen molar-refractivity contribution < 1.29 is 22.4 Å². The highest BCUT2D eigenvalue weighted by Crippen LogP contribution is 2.27. The predicted octanol–water partition coefficient (Wildman–Crippen LogP) is 6.05. The second kappa shape index (κ2) is 14.5. The van der Waals surface area contributed by atoms with Crippen LogP contribution in [0.3, 0.4) is 0 Å². The molecular weight excluding hydrogens is 576 g/mol. The highest BCUT2D eigenvalue weighted by molar-refractivity contribution is 7.92. The number of sulfonamides is 1. The fourth-order valence-electron chi connectivity index (χ4n) is 4.12. The molecule has 0 aliphatic carbocycles. The molecule has 3 aromatic rings. The minimum atomic E-state index is -4.23. The fraction of sp³-hybridized carbons (Fsp3) is 0.310. The number of amides is 2. The molecule has 214 valence electrons. The Labute approximate surface area is 244 Å². The number of carbonyl (C=O) groups is 2. The predicted molar refractivity (Wildman–Crippen MR) is 156 cm³/mol. The Kier molecular flexibility index (Phi) is 11.4. The molecule has 0 radical (unpaired) electrons.